The van der Waals surface area contributed by atoms with Gasteiger partial charge in [-0.2, -0.15) is 13.2 Å². The molecule has 0 aliphatic heterocycles. The summed E-state index contributed by atoms with van der Waals surface area (Å²) in [5.74, 6) is -2.90. The molecule has 1 rings (SSSR count). The molecule has 0 unspecified atom stereocenters. The van der Waals surface area contributed by atoms with Crippen LogP contribution < -0.4 is 5.32 Å². The monoisotopic (exact) mass is 263 g/mol. The van der Waals surface area contributed by atoms with Crippen molar-refractivity contribution in [3.8, 4) is 0 Å². The highest BCUT2D eigenvalue weighted by Crippen LogP contribution is 2.39. The summed E-state index contributed by atoms with van der Waals surface area (Å²) in [7, 11) is 0. The van der Waals surface area contributed by atoms with Crippen LogP contribution >= 0.6 is 0 Å². The number of imide groups is 1. The lowest BCUT2D eigenvalue weighted by Crippen LogP contribution is -2.39. The Kier molecular flexibility index (Phi) is 4.53. The van der Waals surface area contributed by atoms with Crippen LogP contribution in [0.15, 0.2) is 12.2 Å². The summed E-state index contributed by atoms with van der Waals surface area (Å²) in [6, 6.07) is 0. The Morgan fingerprint density at radius 1 is 1.17 bits per heavy atom. The molecule has 1 N–H and O–H groups in total. The molecule has 0 aromatic carbocycles. The second-order valence-corrected chi connectivity index (χ2v) is 4.69. The average Bonchev–Trinajstić information content (AvgIpc) is 2.27. The Balaban J connectivity index is 2.46. The van der Waals surface area contributed by atoms with Crippen LogP contribution in [0.5, 0.6) is 0 Å². The zero-order chi connectivity index (χ0) is 13.9. The summed E-state index contributed by atoms with van der Waals surface area (Å²) in [6.45, 7) is 4.85. The Labute approximate surface area is 103 Å². The Morgan fingerprint density at radius 2 is 1.67 bits per heavy atom. The van der Waals surface area contributed by atoms with Gasteiger partial charge >= 0.3 is 6.18 Å². The van der Waals surface area contributed by atoms with Crippen LogP contribution in [-0.4, -0.2) is 18.0 Å². The van der Waals surface area contributed by atoms with Crippen molar-refractivity contribution < 1.29 is 22.8 Å². The molecular weight excluding hydrogens is 247 g/mol. The van der Waals surface area contributed by atoms with Gasteiger partial charge in [0.1, 0.15) is 0 Å². The van der Waals surface area contributed by atoms with E-state index in [-0.39, 0.29) is 31.3 Å². The van der Waals surface area contributed by atoms with Crippen LogP contribution in [0.3, 0.4) is 0 Å². The van der Waals surface area contributed by atoms with Gasteiger partial charge in [0.05, 0.1) is 5.92 Å². The van der Waals surface area contributed by atoms with E-state index in [1.54, 1.807) is 0 Å². The van der Waals surface area contributed by atoms with E-state index in [9.17, 15) is 22.8 Å². The van der Waals surface area contributed by atoms with Gasteiger partial charge in [0.15, 0.2) is 0 Å². The molecule has 3 nitrogen and oxygen atoms in total. The second-order valence-electron chi connectivity index (χ2n) is 4.69. The molecule has 0 saturated heterocycles. The quantitative estimate of drug-likeness (QED) is 0.778. The van der Waals surface area contributed by atoms with Gasteiger partial charge in [0.2, 0.25) is 5.91 Å². The van der Waals surface area contributed by atoms with Crippen molar-refractivity contribution in [3.05, 3.63) is 12.2 Å². The number of rotatable bonds is 2. The molecule has 1 saturated carbocycles. The van der Waals surface area contributed by atoms with Crippen molar-refractivity contribution in [3.63, 3.8) is 0 Å². The Hall–Kier alpha value is -1.33. The van der Waals surface area contributed by atoms with Crippen molar-refractivity contribution >= 4 is 11.8 Å². The minimum atomic E-state index is -4.19. The van der Waals surface area contributed by atoms with Gasteiger partial charge < -0.3 is 0 Å². The van der Waals surface area contributed by atoms with E-state index in [1.807, 2.05) is 0 Å². The fourth-order valence-corrected chi connectivity index (χ4v) is 2.00. The van der Waals surface area contributed by atoms with E-state index in [0.29, 0.717) is 0 Å². The molecule has 102 valence electrons. The molecule has 0 spiro atoms. The normalized spacial score (nSPS) is 24.4. The first-order chi connectivity index (χ1) is 8.21. The Bertz CT molecular complexity index is 355. The van der Waals surface area contributed by atoms with Crippen LogP contribution in [0.25, 0.3) is 0 Å². The van der Waals surface area contributed by atoms with Gasteiger partial charge in [-0.25, -0.2) is 0 Å². The molecule has 2 amide bonds. The van der Waals surface area contributed by atoms with Crippen molar-refractivity contribution in [2.75, 3.05) is 0 Å². The molecule has 0 aromatic rings. The van der Waals surface area contributed by atoms with Gasteiger partial charge in [-0.05, 0) is 32.6 Å². The lowest BCUT2D eigenvalue weighted by molar-refractivity contribution is -0.184. The molecule has 1 aliphatic rings. The number of carbonyl (C=O) groups excluding carboxylic acids is 2. The zero-order valence-corrected chi connectivity index (χ0v) is 10.1. The maximum absolute atomic E-state index is 12.4. The topological polar surface area (TPSA) is 46.2 Å². The van der Waals surface area contributed by atoms with Gasteiger partial charge in [-0.3, -0.25) is 14.9 Å². The Morgan fingerprint density at radius 3 is 2.06 bits per heavy atom. The average molecular weight is 263 g/mol. The molecule has 0 heterocycles. The number of carbonyl (C=O) groups is 2. The molecule has 18 heavy (non-hydrogen) atoms. The van der Waals surface area contributed by atoms with E-state index >= 15 is 0 Å². The molecule has 0 atom stereocenters. The standard InChI is InChI=1S/C12H16F3NO2/c1-7(2)10(17)16-11(18)8-3-5-9(6-4-8)12(13,14)15/h8-9H,1,3-6H2,2H3,(H,16,17,18). The first-order valence-electron chi connectivity index (χ1n) is 5.79. The first kappa shape index (κ1) is 14.7. The van der Waals surface area contributed by atoms with Crippen molar-refractivity contribution in [1.82, 2.24) is 5.32 Å². The van der Waals surface area contributed by atoms with Crippen molar-refractivity contribution in [2.45, 2.75) is 38.8 Å². The van der Waals surface area contributed by atoms with Crippen LogP contribution in [-0.2, 0) is 9.59 Å². The van der Waals surface area contributed by atoms with Crippen LogP contribution in [0.1, 0.15) is 32.6 Å². The molecular formula is C12H16F3NO2. The second kappa shape index (κ2) is 5.54. The van der Waals surface area contributed by atoms with E-state index in [4.69, 9.17) is 0 Å². The number of nitrogens with one attached hydrogen (secondary N) is 1. The third-order valence-corrected chi connectivity index (χ3v) is 3.19. The van der Waals surface area contributed by atoms with Crippen LogP contribution in [0.2, 0.25) is 0 Å². The molecule has 0 bridgehead atoms. The van der Waals surface area contributed by atoms with Gasteiger partial charge in [-0.1, -0.05) is 6.58 Å². The van der Waals surface area contributed by atoms with Crippen molar-refractivity contribution in [1.29, 1.82) is 0 Å². The summed E-state index contributed by atoms with van der Waals surface area (Å²) < 4.78 is 37.3. The number of amides is 2. The maximum Gasteiger partial charge on any atom is 0.391 e. The lowest BCUT2D eigenvalue weighted by Gasteiger charge is -2.28. The lowest BCUT2D eigenvalue weighted by atomic mass is 9.81. The number of hydrogen-bond acceptors (Lipinski definition) is 2. The minimum Gasteiger partial charge on any atom is -0.292 e. The first-order valence-corrected chi connectivity index (χ1v) is 5.79. The maximum atomic E-state index is 12.4. The van der Waals surface area contributed by atoms with Crippen LogP contribution in [0.4, 0.5) is 13.2 Å². The zero-order valence-electron chi connectivity index (χ0n) is 10.1. The fourth-order valence-electron chi connectivity index (χ4n) is 2.00. The highest BCUT2D eigenvalue weighted by atomic mass is 19.4. The molecule has 1 aliphatic carbocycles. The third-order valence-electron chi connectivity index (χ3n) is 3.19. The predicted molar refractivity (Wildman–Crippen MR) is 59.5 cm³/mol. The number of hydrogen-bond donors (Lipinski definition) is 1. The van der Waals surface area contributed by atoms with Crippen LogP contribution in [0, 0.1) is 11.8 Å². The number of alkyl halides is 3. The highest BCUT2D eigenvalue weighted by Gasteiger charge is 2.42. The van der Waals surface area contributed by atoms with Gasteiger partial charge in [0.25, 0.3) is 5.91 Å². The van der Waals surface area contributed by atoms with Crippen molar-refractivity contribution in [2.24, 2.45) is 11.8 Å². The minimum absolute atomic E-state index is 0.0527. The van der Waals surface area contributed by atoms with E-state index in [2.05, 4.69) is 11.9 Å². The summed E-state index contributed by atoms with van der Waals surface area (Å²) in [6.07, 6.45) is -3.96. The summed E-state index contributed by atoms with van der Waals surface area (Å²) in [5.41, 5.74) is 0.201. The van der Waals surface area contributed by atoms with E-state index in [1.165, 1.54) is 6.92 Å². The fraction of sp³-hybridized carbons (Fsp3) is 0.667. The SMILES string of the molecule is C=C(C)C(=O)NC(=O)C1CCC(C(F)(F)F)CC1. The molecule has 1 fully saturated rings. The highest BCUT2D eigenvalue weighted by molar-refractivity contribution is 6.04. The summed E-state index contributed by atoms with van der Waals surface area (Å²) >= 11 is 0. The predicted octanol–water partition coefficient (Wildman–Crippen LogP) is 2.57. The molecule has 0 radical (unpaired) electrons. The van der Waals surface area contributed by atoms with Gasteiger partial charge in [0, 0.05) is 11.5 Å². The van der Waals surface area contributed by atoms with Gasteiger partial charge in [-0.15, -0.1) is 0 Å². The summed E-state index contributed by atoms with van der Waals surface area (Å²) in [5, 5.41) is 2.14. The third kappa shape index (κ3) is 3.85. The molecule has 6 heteroatoms. The largest absolute Gasteiger partial charge is 0.391 e. The van der Waals surface area contributed by atoms with E-state index < -0.39 is 29.8 Å². The molecule has 0 aromatic heterocycles. The summed E-state index contributed by atoms with van der Waals surface area (Å²) in [4.78, 5) is 22.8. The number of halogens is 3. The van der Waals surface area contributed by atoms with E-state index in [0.717, 1.165) is 0 Å². The smallest absolute Gasteiger partial charge is 0.292 e.